The van der Waals surface area contributed by atoms with Crippen molar-refractivity contribution in [3.05, 3.63) is 51.7 Å². The predicted molar refractivity (Wildman–Crippen MR) is 71.3 cm³/mol. The topological polar surface area (TPSA) is 15.8 Å². The molecule has 2 heteroatoms. The summed E-state index contributed by atoms with van der Waals surface area (Å²) in [7, 11) is 0. The third-order valence-electron chi connectivity index (χ3n) is 2.72. The zero-order valence-electron chi connectivity index (χ0n) is 9.79. The Morgan fingerprint density at radius 1 is 1.00 bits per heavy atom. The molecule has 2 rings (SSSR count). The number of pyridine rings is 1. The largest absolute Gasteiger partial charge is 0.361 e. The van der Waals surface area contributed by atoms with Gasteiger partial charge in [0.2, 0.25) is 0 Å². The first kappa shape index (κ1) is 11.1. The average Bonchev–Trinajstić information content (AvgIpc) is 2.15. The quantitative estimate of drug-likeness (QED) is 0.719. The first-order valence-electron chi connectivity index (χ1n) is 5.35. The van der Waals surface area contributed by atoms with Crippen LogP contribution in [0.3, 0.4) is 0 Å². The van der Waals surface area contributed by atoms with Gasteiger partial charge >= 0.3 is 0 Å². The van der Waals surface area contributed by atoms with Gasteiger partial charge in [-0.3, -0.25) is 0 Å². The first-order valence-corrected chi connectivity index (χ1v) is 5.76. The van der Waals surface area contributed by atoms with Gasteiger partial charge in [0.15, 0.2) is 0 Å². The number of aryl methyl sites for hydroxylation is 3. The Hall–Kier alpha value is -1.41. The zero-order chi connectivity index (χ0) is 11.7. The monoisotopic (exact) mass is 229 g/mol. The minimum Gasteiger partial charge on any atom is -0.361 e. The molecule has 1 heterocycles. The Balaban J connectivity index is 2.69. The lowest BCUT2D eigenvalue weighted by Crippen LogP contribution is -1.92. The minimum absolute atomic E-state index is 0.869. The summed E-state index contributed by atoms with van der Waals surface area (Å²) in [5, 5.41) is 0. The van der Waals surface area contributed by atoms with Gasteiger partial charge in [-0.05, 0) is 44.0 Å². The lowest BCUT2D eigenvalue weighted by Gasteiger charge is -2.11. The van der Waals surface area contributed by atoms with E-state index in [4.69, 9.17) is 12.2 Å². The molecule has 0 unspecified atom stereocenters. The van der Waals surface area contributed by atoms with E-state index in [2.05, 4.69) is 37.9 Å². The maximum absolute atomic E-state index is 5.19. The van der Waals surface area contributed by atoms with Crippen LogP contribution in [0.1, 0.15) is 16.7 Å². The van der Waals surface area contributed by atoms with Crippen LogP contribution in [0.5, 0.6) is 0 Å². The molecule has 1 aromatic carbocycles. The smallest absolute Gasteiger partial charge is 0.0473 e. The van der Waals surface area contributed by atoms with Gasteiger partial charge in [0.25, 0.3) is 0 Å². The van der Waals surface area contributed by atoms with Crippen LogP contribution in [0.25, 0.3) is 11.3 Å². The summed E-state index contributed by atoms with van der Waals surface area (Å²) in [5.74, 6) is 0. The highest BCUT2D eigenvalue weighted by Crippen LogP contribution is 2.26. The number of rotatable bonds is 1. The van der Waals surface area contributed by atoms with Crippen LogP contribution in [0.2, 0.25) is 0 Å². The molecular formula is C14H15NS. The average molecular weight is 229 g/mol. The summed E-state index contributed by atoms with van der Waals surface area (Å²) in [6.07, 6.45) is 1.90. The summed E-state index contributed by atoms with van der Waals surface area (Å²) in [4.78, 5) is 3.26. The van der Waals surface area contributed by atoms with Crippen LogP contribution in [0.15, 0.2) is 30.5 Å². The Morgan fingerprint density at radius 2 is 1.62 bits per heavy atom. The molecule has 0 aliphatic heterocycles. The van der Waals surface area contributed by atoms with Crippen molar-refractivity contribution in [2.45, 2.75) is 20.8 Å². The summed E-state index contributed by atoms with van der Waals surface area (Å²) < 4.78 is 0.869. The lowest BCUT2D eigenvalue weighted by atomic mass is 9.97. The molecule has 16 heavy (non-hydrogen) atoms. The van der Waals surface area contributed by atoms with Crippen LogP contribution in [-0.4, -0.2) is 4.98 Å². The number of hydrogen-bond donors (Lipinski definition) is 1. The molecule has 0 aliphatic rings. The summed E-state index contributed by atoms with van der Waals surface area (Å²) in [6.45, 7) is 6.40. The summed E-state index contributed by atoms with van der Waals surface area (Å²) in [5.41, 5.74) is 6.23. The summed E-state index contributed by atoms with van der Waals surface area (Å²) >= 11 is 5.19. The van der Waals surface area contributed by atoms with Gasteiger partial charge in [-0.15, -0.1) is 0 Å². The molecule has 0 aliphatic carbocycles. The summed E-state index contributed by atoms with van der Waals surface area (Å²) in [6, 6.07) is 8.32. The van der Waals surface area contributed by atoms with Crippen LogP contribution in [0.4, 0.5) is 0 Å². The van der Waals surface area contributed by atoms with Crippen LogP contribution >= 0.6 is 12.2 Å². The molecule has 0 atom stereocenters. The van der Waals surface area contributed by atoms with Crippen molar-refractivity contribution in [1.82, 2.24) is 4.98 Å². The van der Waals surface area contributed by atoms with Crippen molar-refractivity contribution < 1.29 is 0 Å². The van der Waals surface area contributed by atoms with Gasteiger partial charge in [0.05, 0.1) is 0 Å². The number of nitrogens with one attached hydrogen (secondary N) is 1. The maximum atomic E-state index is 5.19. The van der Waals surface area contributed by atoms with E-state index in [0.29, 0.717) is 0 Å². The Morgan fingerprint density at radius 3 is 2.19 bits per heavy atom. The Kier molecular flexibility index (Phi) is 2.92. The number of benzene rings is 1. The van der Waals surface area contributed by atoms with E-state index in [1.807, 2.05) is 18.3 Å². The third kappa shape index (κ3) is 2.07. The van der Waals surface area contributed by atoms with Crippen LogP contribution < -0.4 is 0 Å². The Labute approximate surface area is 101 Å². The fraction of sp³-hybridized carbons (Fsp3) is 0.214. The van der Waals surface area contributed by atoms with Gasteiger partial charge in [-0.2, -0.15) is 0 Å². The second-order valence-corrected chi connectivity index (χ2v) is 4.68. The van der Waals surface area contributed by atoms with Crippen molar-refractivity contribution in [2.24, 2.45) is 0 Å². The van der Waals surface area contributed by atoms with E-state index >= 15 is 0 Å². The lowest BCUT2D eigenvalue weighted by molar-refractivity contribution is 1.26. The number of aromatic nitrogens is 1. The third-order valence-corrected chi connectivity index (χ3v) is 2.97. The van der Waals surface area contributed by atoms with Gasteiger partial charge in [0.1, 0.15) is 0 Å². The van der Waals surface area contributed by atoms with Gasteiger partial charge < -0.3 is 4.98 Å². The Bertz CT molecular complexity index is 558. The molecule has 1 nitrogen and oxygen atoms in total. The van der Waals surface area contributed by atoms with Crippen molar-refractivity contribution in [3.8, 4) is 11.3 Å². The van der Waals surface area contributed by atoms with Crippen molar-refractivity contribution in [3.63, 3.8) is 0 Å². The molecule has 1 aromatic heterocycles. The fourth-order valence-corrected chi connectivity index (χ4v) is 2.38. The highest BCUT2D eigenvalue weighted by molar-refractivity contribution is 7.71. The van der Waals surface area contributed by atoms with E-state index in [1.54, 1.807) is 0 Å². The molecule has 2 aromatic rings. The van der Waals surface area contributed by atoms with Crippen LogP contribution in [0, 0.1) is 25.3 Å². The van der Waals surface area contributed by atoms with E-state index in [1.165, 1.54) is 22.3 Å². The van der Waals surface area contributed by atoms with Gasteiger partial charge in [0, 0.05) is 22.0 Å². The maximum Gasteiger partial charge on any atom is 0.0473 e. The van der Waals surface area contributed by atoms with Crippen LogP contribution in [-0.2, 0) is 0 Å². The van der Waals surface area contributed by atoms with Crippen molar-refractivity contribution >= 4 is 12.2 Å². The van der Waals surface area contributed by atoms with Crippen molar-refractivity contribution in [1.29, 1.82) is 0 Å². The highest BCUT2D eigenvalue weighted by atomic mass is 32.1. The molecule has 0 bridgehead atoms. The standard InChI is InChI=1S/C14H15NS/c1-9-6-10(2)14(11(3)7-9)13-8-12(16)4-5-15-13/h4-8H,1-3H3,(H,15,16). The normalized spacial score (nSPS) is 10.4. The van der Waals surface area contributed by atoms with E-state index < -0.39 is 0 Å². The van der Waals surface area contributed by atoms with Gasteiger partial charge in [-0.25, -0.2) is 0 Å². The predicted octanol–water partition coefficient (Wildman–Crippen LogP) is 4.34. The van der Waals surface area contributed by atoms with Gasteiger partial charge in [-0.1, -0.05) is 29.9 Å². The zero-order valence-corrected chi connectivity index (χ0v) is 10.6. The van der Waals surface area contributed by atoms with E-state index in [9.17, 15) is 0 Å². The number of aromatic amines is 1. The molecule has 1 N–H and O–H groups in total. The molecule has 0 saturated heterocycles. The minimum atomic E-state index is 0.869. The first-order chi connectivity index (χ1) is 7.58. The second-order valence-electron chi connectivity index (χ2n) is 4.21. The molecule has 0 spiro atoms. The molecule has 0 saturated carbocycles. The van der Waals surface area contributed by atoms with Crippen molar-refractivity contribution in [2.75, 3.05) is 0 Å². The molecule has 0 fully saturated rings. The SMILES string of the molecule is Cc1cc(C)c(-c2cc(=S)cc[nH]2)c(C)c1. The number of hydrogen-bond acceptors (Lipinski definition) is 1. The number of H-pyrrole nitrogens is 1. The molecule has 82 valence electrons. The second kappa shape index (κ2) is 4.22. The van der Waals surface area contributed by atoms with E-state index in [0.717, 1.165) is 10.2 Å². The molecular weight excluding hydrogens is 214 g/mol. The van der Waals surface area contributed by atoms with E-state index in [-0.39, 0.29) is 0 Å². The molecule has 0 radical (unpaired) electrons. The highest BCUT2D eigenvalue weighted by Gasteiger charge is 2.06. The molecule has 0 amide bonds. The fourth-order valence-electron chi connectivity index (χ4n) is 2.19.